The Morgan fingerprint density at radius 1 is 1.04 bits per heavy atom. The highest BCUT2D eigenvalue weighted by Gasteiger charge is 2.10. The summed E-state index contributed by atoms with van der Waals surface area (Å²) in [4.78, 5) is 8.88. The number of nitrogens with zero attached hydrogens (tertiary/aromatic N) is 3. The summed E-state index contributed by atoms with van der Waals surface area (Å²) in [7, 11) is 0. The van der Waals surface area contributed by atoms with Crippen molar-refractivity contribution >= 4 is 11.3 Å². The van der Waals surface area contributed by atoms with Crippen molar-refractivity contribution in [3.63, 3.8) is 0 Å². The first kappa shape index (κ1) is 15.7. The lowest BCUT2D eigenvalue weighted by Gasteiger charge is -1.98. The number of halogens is 1. The molecule has 124 valence electrons. The molecule has 0 amide bonds. The second-order valence-corrected chi connectivity index (χ2v) is 6.71. The van der Waals surface area contributed by atoms with Gasteiger partial charge in [0, 0.05) is 16.5 Å². The number of hydrogen-bond acceptors (Lipinski definition) is 5. The second kappa shape index (κ2) is 6.57. The molecule has 0 unspecified atom stereocenters. The Morgan fingerprint density at radius 2 is 1.84 bits per heavy atom. The smallest absolute Gasteiger partial charge is 0.231 e. The van der Waals surface area contributed by atoms with Gasteiger partial charge in [0.05, 0.1) is 17.1 Å². The van der Waals surface area contributed by atoms with Crippen molar-refractivity contribution in [3.8, 4) is 22.6 Å². The lowest BCUT2D eigenvalue weighted by atomic mass is 10.1. The molecule has 2 aromatic heterocycles. The van der Waals surface area contributed by atoms with Crippen LogP contribution in [0.3, 0.4) is 0 Å². The number of thiazole rings is 1. The zero-order valence-electron chi connectivity index (χ0n) is 13.4. The Kier molecular flexibility index (Phi) is 4.11. The normalized spacial score (nSPS) is 11.0. The standard InChI is InChI=1S/C19H14FN3OS/c1-12-21-17(11-25-12)14-5-7-15(8-6-14)19-22-18(24-23-19)10-13-3-2-4-16(20)9-13/h2-9,11H,10H2,1H3. The fraction of sp³-hybridized carbons (Fsp3) is 0.105. The van der Waals surface area contributed by atoms with Crippen LogP contribution in [0.5, 0.6) is 0 Å². The van der Waals surface area contributed by atoms with Crippen LogP contribution in [0, 0.1) is 12.7 Å². The molecule has 0 aliphatic carbocycles. The van der Waals surface area contributed by atoms with Gasteiger partial charge in [0.1, 0.15) is 5.82 Å². The van der Waals surface area contributed by atoms with Crippen molar-refractivity contribution in [2.45, 2.75) is 13.3 Å². The summed E-state index contributed by atoms with van der Waals surface area (Å²) in [6.45, 7) is 1.99. The first-order valence-electron chi connectivity index (χ1n) is 7.77. The van der Waals surface area contributed by atoms with E-state index in [2.05, 4.69) is 15.1 Å². The summed E-state index contributed by atoms with van der Waals surface area (Å²) in [5.41, 5.74) is 3.68. The maximum Gasteiger partial charge on any atom is 0.231 e. The molecular formula is C19H14FN3OS. The highest BCUT2D eigenvalue weighted by molar-refractivity contribution is 7.09. The van der Waals surface area contributed by atoms with Crippen molar-refractivity contribution in [1.29, 1.82) is 0 Å². The molecule has 0 atom stereocenters. The highest BCUT2D eigenvalue weighted by atomic mass is 32.1. The van der Waals surface area contributed by atoms with E-state index in [4.69, 9.17) is 4.52 Å². The minimum Gasteiger partial charge on any atom is -0.339 e. The molecule has 0 fully saturated rings. The van der Waals surface area contributed by atoms with Crippen LogP contribution in [0.2, 0.25) is 0 Å². The number of aryl methyl sites for hydroxylation is 1. The topological polar surface area (TPSA) is 51.8 Å². The molecule has 0 radical (unpaired) electrons. The average Bonchev–Trinajstić information content (AvgIpc) is 3.24. The number of aromatic nitrogens is 3. The molecule has 0 N–H and O–H groups in total. The molecule has 4 aromatic rings. The predicted molar refractivity (Wildman–Crippen MR) is 94.8 cm³/mol. The maximum absolute atomic E-state index is 13.2. The van der Waals surface area contributed by atoms with Gasteiger partial charge in [-0.15, -0.1) is 11.3 Å². The van der Waals surface area contributed by atoms with E-state index in [0.29, 0.717) is 18.1 Å². The molecule has 0 saturated carbocycles. The molecule has 0 aliphatic rings. The first-order chi connectivity index (χ1) is 12.2. The molecule has 4 nitrogen and oxygen atoms in total. The number of rotatable bonds is 4. The van der Waals surface area contributed by atoms with E-state index >= 15 is 0 Å². The third kappa shape index (κ3) is 3.49. The van der Waals surface area contributed by atoms with Gasteiger partial charge in [0.15, 0.2) is 0 Å². The summed E-state index contributed by atoms with van der Waals surface area (Å²) in [5, 5.41) is 7.10. The van der Waals surface area contributed by atoms with Crippen LogP contribution in [-0.2, 0) is 6.42 Å². The average molecular weight is 351 g/mol. The van der Waals surface area contributed by atoms with Gasteiger partial charge in [-0.2, -0.15) is 4.98 Å². The van der Waals surface area contributed by atoms with Gasteiger partial charge in [-0.05, 0) is 24.6 Å². The first-order valence-corrected chi connectivity index (χ1v) is 8.65. The molecule has 0 spiro atoms. The van der Waals surface area contributed by atoms with Gasteiger partial charge in [0.2, 0.25) is 11.7 Å². The summed E-state index contributed by atoms with van der Waals surface area (Å²) in [6, 6.07) is 14.3. The Morgan fingerprint density at radius 3 is 2.56 bits per heavy atom. The van der Waals surface area contributed by atoms with Gasteiger partial charge < -0.3 is 4.52 Å². The van der Waals surface area contributed by atoms with Crippen molar-refractivity contribution in [3.05, 3.63) is 76.2 Å². The van der Waals surface area contributed by atoms with Crippen molar-refractivity contribution in [1.82, 2.24) is 15.1 Å². The Balaban J connectivity index is 1.53. The van der Waals surface area contributed by atoms with E-state index in [9.17, 15) is 4.39 Å². The van der Waals surface area contributed by atoms with E-state index in [0.717, 1.165) is 27.4 Å². The van der Waals surface area contributed by atoms with Crippen molar-refractivity contribution in [2.75, 3.05) is 0 Å². The Bertz CT molecular complexity index is 1010. The Hall–Kier alpha value is -2.86. The lowest BCUT2D eigenvalue weighted by molar-refractivity contribution is 0.385. The molecule has 0 bridgehead atoms. The van der Waals surface area contributed by atoms with E-state index in [1.807, 2.05) is 42.6 Å². The van der Waals surface area contributed by atoms with Gasteiger partial charge in [-0.3, -0.25) is 0 Å². The SMILES string of the molecule is Cc1nc(-c2ccc(-c3noc(Cc4cccc(F)c4)n3)cc2)cs1. The fourth-order valence-electron chi connectivity index (χ4n) is 2.55. The van der Waals surface area contributed by atoms with Crippen LogP contribution in [0.1, 0.15) is 16.5 Å². The van der Waals surface area contributed by atoms with Crippen molar-refractivity contribution in [2.24, 2.45) is 0 Å². The zero-order chi connectivity index (χ0) is 17.2. The Labute approximate surface area is 148 Å². The molecule has 25 heavy (non-hydrogen) atoms. The predicted octanol–water partition coefficient (Wildman–Crippen LogP) is 4.90. The molecule has 0 saturated heterocycles. The van der Waals surface area contributed by atoms with E-state index in [-0.39, 0.29) is 5.82 Å². The van der Waals surface area contributed by atoms with Crippen LogP contribution >= 0.6 is 11.3 Å². The zero-order valence-corrected chi connectivity index (χ0v) is 14.3. The fourth-order valence-corrected chi connectivity index (χ4v) is 3.17. The molecule has 0 aliphatic heterocycles. The van der Waals surface area contributed by atoms with E-state index in [1.165, 1.54) is 12.1 Å². The van der Waals surface area contributed by atoms with Crippen LogP contribution in [0.25, 0.3) is 22.6 Å². The summed E-state index contributed by atoms with van der Waals surface area (Å²) < 4.78 is 18.5. The quantitative estimate of drug-likeness (QED) is 0.525. The summed E-state index contributed by atoms with van der Waals surface area (Å²) in [6.07, 6.45) is 0.404. The molecular weight excluding hydrogens is 337 g/mol. The van der Waals surface area contributed by atoms with E-state index < -0.39 is 0 Å². The summed E-state index contributed by atoms with van der Waals surface area (Å²) >= 11 is 1.63. The number of benzene rings is 2. The van der Waals surface area contributed by atoms with Crippen LogP contribution in [0.4, 0.5) is 4.39 Å². The maximum atomic E-state index is 13.2. The molecule has 2 aromatic carbocycles. The minimum absolute atomic E-state index is 0.273. The monoisotopic (exact) mass is 351 g/mol. The van der Waals surface area contributed by atoms with Crippen LogP contribution in [-0.4, -0.2) is 15.1 Å². The minimum atomic E-state index is -0.273. The lowest BCUT2D eigenvalue weighted by Crippen LogP contribution is -1.89. The van der Waals surface area contributed by atoms with E-state index in [1.54, 1.807) is 17.4 Å². The van der Waals surface area contributed by atoms with Crippen LogP contribution < -0.4 is 0 Å². The van der Waals surface area contributed by atoms with Crippen molar-refractivity contribution < 1.29 is 8.91 Å². The highest BCUT2D eigenvalue weighted by Crippen LogP contribution is 2.25. The third-order valence-electron chi connectivity index (χ3n) is 3.77. The van der Waals surface area contributed by atoms with Crippen LogP contribution in [0.15, 0.2) is 58.4 Å². The largest absolute Gasteiger partial charge is 0.339 e. The third-order valence-corrected chi connectivity index (χ3v) is 4.54. The van der Waals surface area contributed by atoms with Gasteiger partial charge in [0.25, 0.3) is 0 Å². The molecule has 6 heteroatoms. The van der Waals surface area contributed by atoms with Gasteiger partial charge in [-0.25, -0.2) is 9.37 Å². The summed E-state index contributed by atoms with van der Waals surface area (Å²) in [5.74, 6) is 0.706. The number of hydrogen-bond donors (Lipinski definition) is 0. The second-order valence-electron chi connectivity index (χ2n) is 5.65. The molecule has 4 rings (SSSR count). The van der Waals surface area contributed by atoms with Gasteiger partial charge >= 0.3 is 0 Å². The van der Waals surface area contributed by atoms with Gasteiger partial charge in [-0.1, -0.05) is 41.6 Å². The molecule has 2 heterocycles.